The topological polar surface area (TPSA) is 0 Å². The zero-order valence-electron chi connectivity index (χ0n) is 13.6. The van der Waals surface area contributed by atoms with Gasteiger partial charge in [0.05, 0.1) is 0 Å². The molecule has 0 amide bonds. The molecule has 0 heterocycles. The van der Waals surface area contributed by atoms with Gasteiger partial charge < -0.3 is 0 Å². The number of aryl methyl sites for hydroxylation is 1. The normalized spacial score (nSPS) is 15.4. The van der Waals surface area contributed by atoms with E-state index in [1.54, 1.807) is 0 Å². The molecule has 0 aliphatic carbocycles. The van der Waals surface area contributed by atoms with Crippen molar-refractivity contribution in [3.05, 3.63) is 57.0 Å². The third-order valence-corrected chi connectivity index (χ3v) is 4.88. The molecule has 0 aliphatic rings. The molecule has 11 heteroatoms. The molecule has 0 nitrogen and oxygen atoms in total. The lowest BCUT2D eigenvalue weighted by molar-refractivity contribution is -0.389. The van der Waals surface area contributed by atoms with Crippen LogP contribution in [0.4, 0.5) is 39.5 Å². The van der Waals surface area contributed by atoms with Gasteiger partial charge in [0.25, 0.3) is 0 Å². The Kier molecular flexibility index (Phi) is 5.82. The molecule has 0 saturated carbocycles. The summed E-state index contributed by atoms with van der Waals surface area (Å²) >= 11 is 8.70. The van der Waals surface area contributed by atoms with Crippen molar-refractivity contribution in [2.45, 2.75) is 30.9 Å². The van der Waals surface area contributed by atoms with E-state index in [0.29, 0.717) is 6.07 Å². The molecule has 0 fully saturated rings. The Balaban J connectivity index is 3.04. The zero-order chi connectivity index (χ0) is 21.7. The van der Waals surface area contributed by atoms with Crippen molar-refractivity contribution in [2.24, 2.45) is 0 Å². The molecule has 0 radical (unpaired) electrons. The molecular formula is C17H9BrClF9. The maximum Gasteiger partial charge on any atom is 0.457 e. The van der Waals surface area contributed by atoms with Crippen LogP contribution in [-0.4, -0.2) is 18.3 Å². The number of hydrogen-bond acceptors (Lipinski definition) is 0. The van der Waals surface area contributed by atoms with Crippen LogP contribution in [0.25, 0.3) is 11.1 Å². The van der Waals surface area contributed by atoms with E-state index in [1.807, 2.05) is 0 Å². The fraction of sp³-hybridized carbons (Fsp3) is 0.294. The van der Waals surface area contributed by atoms with Gasteiger partial charge in [-0.3, -0.25) is 0 Å². The number of alkyl halides is 9. The van der Waals surface area contributed by atoms with Gasteiger partial charge in [-0.15, -0.1) is 0 Å². The summed E-state index contributed by atoms with van der Waals surface area (Å²) in [7, 11) is 0. The SMILES string of the molecule is Cc1cc(Br)c(-c2ccccc2Cl)c(C(F)(C(F)(F)F)C(F)(F)C(F)(F)F)c1. The first-order valence-electron chi connectivity index (χ1n) is 7.31. The Hall–Kier alpha value is -1.42. The van der Waals surface area contributed by atoms with Crippen LogP contribution in [0, 0.1) is 6.92 Å². The monoisotopic (exact) mass is 498 g/mol. The molecule has 2 rings (SSSR count). The third-order valence-electron chi connectivity index (χ3n) is 3.93. The highest BCUT2D eigenvalue weighted by Crippen LogP contribution is 2.60. The van der Waals surface area contributed by atoms with Crippen LogP contribution in [0.2, 0.25) is 5.02 Å². The second kappa shape index (κ2) is 7.12. The van der Waals surface area contributed by atoms with Gasteiger partial charge in [-0.2, -0.15) is 35.1 Å². The summed E-state index contributed by atoms with van der Waals surface area (Å²) < 4.78 is 122. The predicted octanol–water partition coefficient (Wildman–Crippen LogP) is 8.00. The van der Waals surface area contributed by atoms with Crippen molar-refractivity contribution < 1.29 is 39.5 Å². The second-order valence-corrected chi connectivity index (χ2v) is 7.14. The van der Waals surface area contributed by atoms with Crippen molar-refractivity contribution in [1.82, 2.24) is 0 Å². The lowest BCUT2D eigenvalue weighted by Gasteiger charge is -2.37. The molecule has 28 heavy (non-hydrogen) atoms. The third kappa shape index (κ3) is 3.49. The average Bonchev–Trinajstić information content (AvgIpc) is 2.52. The van der Waals surface area contributed by atoms with Gasteiger partial charge in [0.2, 0.25) is 0 Å². The van der Waals surface area contributed by atoms with Gasteiger partial charge in [0.1, 0.15) is 0 Å². The molecule has 154 valence electrons. The summed E-state index contributed by atoms with van der Waals surface area (Å²) in [6, 6.07) is 6.30. The molecule has 0 spiro atoms. The molecule has 0 saturated heterocycles. The maximum absolute atomic E-state index is 15.1. The van der Waals surface area contributed by atoms with Gasteiger partial charge in [0.15, 0.2) is 0 Å². The Labute approximate surface area is 166 Å². The molecule has 0 bridgehead atoms. The molecule has 0 aromatic heterocycles. The lowest BCUT2D eigenvalue weighted by Crippen LogP contribution is -2.60. The van der Waals surface area contributed by atoms with Gasteiger partial charge in [-0.25, -0.2) is 4.39 Å². The van der Waals surface area contributed by atoms with E-state index in [1.165, 1.54) is 18.2 Å². The van der Waals surface area contributed by atoms with E-state index in [0.717, 1.165) is 19.1 Å². The highest BCUT2D eigenvalue weighted by Gasteiger charge is 2.82. The number of rotatable bonds is 3. The molecular weight excluding hydrogens is 491 g/mol. The Morgan fingerprint density at radius 2 is 1.36 bits per heavy atom. The van der Waals surface area contributed by atoms with E-state index < -0.39 is 35.1 Å². The number of halogens is 11. The van der Waals surface area contributed by atoms with Gasteiger partial charge in [-0.05, 0) is 24.6 Å². The van der Waals surface area contributed by atoms with Gasteiger partial charge in [0, 0.05) is 26.2 Å². The minimum absolute atomic E-state index is 0.179. The van der Waals surface area contributed by atoms with Crippen molar-refractivity contribution >= 4 is 27.5 Å². The van der Waals surface area contributed by atoms with Gasteiger partial charge in [-0.1, -0.05) is 51.8 Å². The molecule has 1 unspecified atom stereocenters. The van der Waals surface area contributed by atoms with E-state index in [4.69, 9.17) is 11.6 Å². The highest BCUT2D eigenvalue weighted by molar-refractivity contribution is 9.10. The Morgan fingerprint density at radius 1 is 0.821 bits per heavy atom. The lowest BCUT2D eigenvalue weighted by atomic mass is 9.82. The minimum atomic E-state index is -6.81. The second-order valence-electron chi connectivity index (χ2n) is 5.88. The first-order chi connectivity index (χ1) is 12.6. The van der Waals surface area contributed by atoms with Crippen molar-refractivity contribution in [3.8, 4) is 11.1 Å². The first kappa shape index (κ1) is 22.9. The zero-order valence-corrected chi connectivity index (χ0v) is 16.0. The van der Waals surface area contributed by atoms with Crippen LogP contribution >= 0.6 is 27.5 Å². The summed E-state index contributed by atoms with van der Waals surface area (Å²) in [4.78, 5) is 0. The van der Waals surface area contributed by atoms with Crippen LogP contribution in [0.15, 0.2) is 40.9 Å². The van der Waals surface area contributed by atoms with Crippen LogP contribution < -0.4 is 0 Å². The van der Waals surface area contributed by atoms with Crippen LogP contribution in [-0.2, 0) is 5.67 Å². The first-order valence-corrected chi connectivity index (χ1v) is 8.48. The van der Waals surface area contributed by atoms with E-state index in [2.05, 4.69) is 15.9 Å². The van der Waals surface area contributed by atoms with Crippen molar-refractivity contribution in [2.75, 3.05) is 0 Å². The van der Waals surface area contributed by atoms with E-state index in [-0.39, 0.29) is 20.6 Å². The van der Waals surface area contributed by atoms with E-state index >= 15 is 4.39 Å². The molecule has 0 N–H and O–H groups in total. The molecule has 2 aromatic rings. The molecule has 0 aliphatic heterocycles. The van der Waals surface area contributed by atoms with Crippen molar-refractivity contribution in [3.63, 3.8) is 0 Å². The van der Waals surface area contributed by atoms with Crippen LogP contribution in [0.1, 0.15) is 11.1 Å². The largest absolute Gasteiger partial charge is 0.457 e. The number of hydrogen-bond donors (Lipinski definition) is 0. The quantitative estimate of drug-likeness (QED) is 0.375. The fourth-order valence-electron chi connectivity index (χ4n) is 2.65. The van der Waals surface area contributed by atoms with E-state index in [9.17, 15) is 35.1 Å². The van der Waals surface area contributed by atoms with Crippen LogP contribution in [0.5, 0.6) is 0 Å². The Morgan fingerprint density at radius 3 is 1.82 bits per heavy atom. The summed E-state index contributed by atoms with van der Waals surface area (Å²) in [6.45, 7) is 1.12. The smallest absolute Gasteiger partial charge is 0.221 e. The van der Waals surface area contributed by atoms with Crippen molar-refractivity contribution in [1.29, 1.82) is 0 Å². The Bertz CT molecular complexity index is 889. The standard InChI is InChI=1S/C17H9BrClF9/c1-8-6-10(13(11(18)7-8)9-4-2-3-5-12(9)19)14(20,16(23,24)25)15(21,22)17(26,27)28/h2-7H,1H3. The summed E-state index contributed by atoms with van der Waals surface area (Å²) in [6.07, 6.45) is -13.4. The average molecular weight is 500 g/mol. The highest BCUT2D eigenvalue weighted by atomic mass is 79.9. The number of benzene rings is 2. The molecule has 2 aromatic carbocycles. The minimum Gasteiger partial charge on any atom is -0.221 e. The van der Waals surface area contributed by atoms with Gasteiger partial charge >= 0.3 is 23.9 Å². The van der Waals surface area contributed by atoms with Crippen LogP contribution in [0.3, 0.4) is 0 Å². The predicted molar refractivity (Wildman–Crippen MR) is 89.2 cm³/mol. The molecule has 1 atom stereocenters. The maximum atomic E-state index is 15.1. The summed E-state index contributed by atoms with van der Waals surface area (Å²) in [5.74, 6) is -6.78. The summed E-state index contributed by atoms with van der Waals surface area (Å²) in [5.41, 5.74) is -9.36. The fourth-order valence-corrected chi connectivity index (χ4v) is 3.67. The summed E-state index contributed by atoms with van der Waals surface area (Å²) in [5, 5.41) is -0.270.